The molecule has 0 fully saturated rings. The van der Waals surface area contributed by atoms with Crippen molar-refractivity contribution in [2.24, 2.45) is 0 Å². The van der Waals surface area contributed by atoms with Crippen LogP contribution in [-0.2, 0) is 9.53 Å². The average Bonchev–Trinajstić information content (AvgIpc) is 2.70. The zero-order valence-electron chi connectivity index (χ0n) is 16.7. The second-order valence-corrected chi connectivity index (χ2v) is 6.80. The van der Waals surface area contributed by atoms with E-state index < -0.39 is 0 Å². The van der Waals surface area contributed by atoms with Gasteiger partial charge in [-0.25, -0.2) is 4.98 Å². The van der Waals surface area contributed by atoms with Crippen molar-refractivity contribution in [2.45, 2.75) is 32.1 Å². The average molecular weight is 393 g/mol. The SMILES string of the molecule is COCCCCN1CCCNC(=O)c2ncccc2OCCNC(=O)CCC1. The highest BCUT2D eigenvalue weighted by Crippen LogP contribution is 2.15. The molecule has 8 heteroatoms. The molecule has 2 heterocycles. The van der Waals surface area contributed by atoms with E-state index in [1.165, 1.54) is 0 Å². The molecule has 0 saturated heterocycles. The minimum absolute atomic E-state index is 0.0270. The van der Waals surface area contributed by atoms with Crippen LogP contribution in [0.15, 0.2) is 18.3 Å². The molecular formula is C20H32N4O4. The predicted molar refractivity (Wildman–Crippen MR) is 106 cm³/mol. The predicted octanol–water partition coefficient (Wildman–Crippen LogP) is 1.22. The Morgan fingerprint density at radius 3 is 2.89 bits per heavy atom. The van der Waals surface area contributed by atoms with E-state index in [-0.39, 0.29) is 17.5 Å². The van der Waals surface area contributed by atoms with E-state index in [1.54, 1.807) is 25.4 Å². The monoisotopic (exact) mass is 392 g/mol. The number of carbonyl (C=O) groups is 2. The molecule has 0 aliphatic carbocycles. The summed E-state index contributed by atoms with van der Waals surface area (Å²) in [6.07, 6.45) is 5.81. The number of pyridine rings is 1. The van der Waals surface area contributed by atoms with Crippen molar-refractivity contribution in [1.82, 2.24) is 20.5 Å². The number of hydrogen-bond donors (Lipinski definition) is 2. The van der Waals surface area contributed by atoms with Crippen molar-refractivity contribution < 1.29 is 19.1 Å². The Kier molecular flexibility index (Phi) is 10.3. The van der Waals surface area contributed by atoms with E-state index >= 15 is 0 Å². The minimum atomic E-state index is -0.238. The highest BCUT2D eigenvalue weighted by Gasteiger charge is 2.14. The van der Waals surface area contributed by atoms with Crippen LogP contribution in [0.1, 0.15) is 42.6 Å². The Labute approximate surface area is 167 Å². The summed E-state index contributed by atoms with van der Waals surface area (Å²) in [7, 11) is 1.71. The first-order valence-corrected chi connectivity index (χ1v) is 10.0. The molecule has 1 aromatic heterocycles. The van der Waals surface area contributed by atoms with Crippen molar-refractivity contribution in [3.05, 3.63) is 24.0 Å². The Bertz CT molecular complexity index is 612. The van der Waals surface area contributed by atoms with Gasteiger partial charge >= 0.3 is 0 Å². The van der Waals surface area contributed by atoms with Crippen molar-refractivity contribution in [3.8, 4) is 5.75 Å². The molecule has 0 bridgehead atoms. The first kappa shape index (κ1) is 22.1. The van der Waals surface area contributed by atoms with Gasteiger partial charge in [0, 0.05) is 32.9 Å². The van der Waals surface area contributed by atoms with Crippen molar-refractivity contribution in [1.29, 1.82) is 0 Å². The zero-order chi connectivity index (χ0) is 20.0. The van der Waals surface area contributed by atoms with Crippen molar-refractivity contribution in [2.75, 3.05) is 53.0 Å². The number of nitrogens with zero attached hydrogens (tertiary/aromatic N) is 2. The molecule has 1 aromatic rings. The molecule has 156 valence electrons. The van der Waals surface area contributed by atoms with Crippen LogP contribution in [-0.4, -0.2) is 74.7 Å². The van der Waals surface area contributed by atoms with Crippen LogP contribution in [0.3, 0.4) is 0 Å². The Morgan fingerprint density at radius 1 is 1.18 bits per heavy atom. The standard InChI is InChI=1S/C20H32N4O4/c1-27-15-3-2-12-24-13-5-8-18(25)21-11-16-28-17-7-4-9-22-19(17)20(26)23-10-6-14-24/h4,7,9H,2-3,5-6,8,10-16H2,1H3,(H,21,25)(H,23,26). The van der Waals surface area contributed by atoms with Gasteiger partial charge in [0.25, 0.3) is 5.91 Å². The summed E-state index contributed by atoms with van der Waals surface area (Å²) >= 11 is 0. The van der Waals surface area contributed by atoms with Gasteiger partial charge in [-0.05, 0) is 57.5 Å². The van der Waals surface area contributed by atoms with Gasteiger partial charge in [-0.1, -0.05) is 0 Å². The molecule has 0 aromatic carbocycles. The molecule has 28 heavy (non-hydrogen) atoms. The number of ether oxygens (including phenoxy) is 2. The summed E-state index contributed by atoms with van der Waals surface area (Å²) in [5.41, 5.74) is 0.275. The summed E-state index contributed by atoms with van der Waals surface area (Å²) in [6.45, 7) is 4.75. The number of hydrogen-bond acceptors (Lipinski definition) is 6. The fourth-order valence-electron chi connectivity index (χ4n) is 3.09. The number of aromatic nitrogens is 1. The number of nitrogens with one attached hydrogen (secondary N) is 2. The van der Waals surface area contributed by atoms with Crippen LogP contribution < -0.4 is 15.4 Å². The summed E-state index contributed by atoms with van der Waals surface area (Å²) in [5.74, 6) is 0.221. The first-order valence-electron chi connectivity index (χ1n) is 10.0. The second-order valence-electron chi connectivity index (χ2n) is 6.80. The molecule has 1 aliphatic heterocycles. The van der Waals surface area contributed by atoms with E-state index in [4.69, 9.17) is 9.47 Å². The maximum atomic E-state index is 12.4. The molecule has 1 aliphatic rings. The molecule has 2 N–H and O–H groups in total. The molecule has 2 rings (SSSR count). The lowest BCUT2D eigenvalue weighted by atomic mass is 10.2. The smallest absolute Gasteiger partial charge is 0.273 e. The van der Waals surface area contributed by atoms with Crippen molar-refractivity contribution >= 4 is 11.8 Å². The van der Waals surface area contributed by atoms with E-state index in [2.05, 4.69) is 20.5 Å². The van der Waals surface area contributed by atoms with Gasteiger partial charge in [0.05, 0.1) is 6.54 Å². The fourth-order valence-corrected chi connectivity index (χ4v) is 3.09. The van der Waals surface area contributed by atoms with E-state index in [0.29, 0.717) is 31.9 Å². The lowest BCUT2D eigenvalue weighted by molar-refractivity contribution is -0.121. The van der Waals surface area contributed by atoms with Crippen LogP contribution in [0.5, 0.6) is 5.75 Å². The van der Waals surface area contributed by atoms with E-state index in [1.807, 2.05) is 0 Å². The number of carbonyl (C=O) groups excluding carboxylic acids is 2. The van der Waals surface area contributed by atoms with Crippen LogP contribution in [0, 0.1) is 0 Å². The first-order chi connectivity index (χ1) is 13.7. The molecule has 0 radical (unpaired) electrons. The third-order valence-corrected chi connectivity index (χ3v) is 4.56. The zero-order valence-corrected chi connectivity index (χ0v) is 16.7. The lowest BCUT2D eigenvalue weighted by Crippen LogP contribution is -2.34. The van der Waals surface area contributed by atoms with Crippen molar-refractivity contribution in [3.63, 3.8) is 0 Å². The van der Waals surface area contributed by atoms with Gasteiger partial charge in [0.2, 0.25) is 5.91 Å². The molecule has 2 amide bonds. The molecule has 0 saturated carbocycles. The fraction of sp³-hybridized carbons (Fsp3) is 0.650. The highest BCUT2D eigenvalue weighted by atomic mass is 16.5. The Hall–Kier alpha value is -2.19. The van der Waals surface area contributed by atoms with Gasteiger partial charge in [0.1, 0.15) is 6.61 Å². The highest BCUT2D eigenvalue weighted by molar-refractivity contribution is 5.94. The molecular weight excluding hydrogens is 360 g/mol. The van der Waals surface area contributed by atoms with Gasteiger partial charge in [-0.15, -0.1) is 0 Å². The van der Waals surface area contributed by atoms with Crippen LogP contribution >= 0.6 is 0 Å². The van der Waals surface area contributed by atoms with Gasteiger partial charge in [0.15, 0.2) is 11.4 Å². The maximum absolute atomic E-state index is 12.4. The topological polar surface area (TPSA) is 92.8 Å². The summed E-state index contributed by atoms with van der Waals surface area (Å²) in [4.78, 5) is 30.9. The quantitative estimate of drug-likeness (QED) is 0.732. The molecule has 0 spiro atoms. The number of fused-ring (bicyclic) bond motifs is 1. The Balaban J connectivity index is 1.94. The van der Waals surface area contributed by atoms with Gasteiger partial charge in [-0.3, -0.25) is 9.59 Å². The normalized spacial score (nSPS) is 17.9. The van der Waals surface area contributed by atoms with E-state index in [0.717, 1.165) is 51.9 Å². The van der Waals surface area contributed by atoms with Crippen LogP contribution in [0.4, 0.5) is 0 Å². The molecule has 0 unspecified atom stereocenters. The maximum Gasteiger partial charge on any atom is 0.273 e. The summed E-state index contributed by atoms with van der Waals surface area (Å²) in [6, 6.07) is 3.44. The molecule has 0 atom stereocenters. The van der Waals surface area contributed by atoms with Gasteiger partial charge < -0.3 is 25.0 Å². The summed E-state index contributed by atoms with van der Waals surface area (Å²) in [5, 5.41) is 5.79. The summed E-state index contributed by atoms with van der Waals surface area (Å²) < 4.78 is 10.7. The van der Waals surface area contributed by atoms with Crippen LogP contribution in [0.2, 0.25) is 0 Å². The van der Waals surface area contributed by atoms with Crippen LogP contribution in [0.25, 0.3) is 0 Å². The number of methoxy groups -OCH3 is 1. The number of unbranched alkanes of at least 4 members (excludes halogenated alkanes) is 1. The van der Waals surface area contributed by atoms with E-state index in [9.17, 15) is 9.59 Å². The lowest BCUT2D eigenvalue weighted by Gasteiger charge is -2.22. The third kappa shape index (κ3) is 8.22. The second kappa shape index (κ2) is 13.1. The number of amides is 2. The third-order valence-electron chi connectivity index (χ3n) is 4.56. The molecule has 8 nitrogen and oxygen atoms in total. The minimum Gasteiger partial charge on any atom is -0.489 e. The largest absolute Gasteiger partial charge is 0.489 e. The van der Waals surface area contributed by atoms with Gasteiger partial charge in [-0.2, -0.15) is 0 Å². The number of rotatable bonds is 5. The Morgan fingerprint density at radius 2 is 2.04 bits per heavy atom.